The van der Waals surface area contributed by atoms with E-state index in [0.29, 0.717) is 0 Å². The SMILES string of the molecule is CCC(CC(N)=NO)NS(=O)(=O)C(F)F. The Labute approximate surface area is 86.2 Å². The van der Waals surface area contributed by atoms with Crippen molar-refractivity contribution in [1.29, 1.82) is 0 Å². The second-order valence-electron chi connectivity index (χ2n) is 2.82. The van der Waals surface area contributed by atoms with Crippen LogP contribution in [0.2, 0.25) is 0 Å². The van der Waals surface area contributed by atoms with Crippen LogP contribution in [0.4, 0.5) is 8.78 Å². The summed E-state index contributed by atoms with van der Waals surface area (Å²) in [6, 6.07) is -0.806. The maximum absolute atomic E-state index is 12.0. The molecule has 9 heteroatoms. The third-order valence-corrected chi connectivity index (χ3v) is 2.77. The lowest BCUT2D eigenvalue weighted by Crippen LogP contribution is -2.40. The largest absolute Gasteiger partial charge is 0.409 e. The van der Waals surface area contributed by atoms with Gasteiger partial charge in [-0.15, -0.1) is 0 Å². The van der Waals surface area contributed by atoms with Crippen molar-refractivity contribution in [2.24, 2.45) is 10.9 Å². The van der Waals surface area contributed by atoms with Crippen molar-refractivity contribution in [3.05, 3.63) is 0 Å². The number of alkyl halides is 2. The molecule has 0 aromatic heterocycles. The fraction of sp³-hybridized carbons (Fsp3) is 0.833. The number of oxime groups is 1. The van der Waals surface area contributed by atoms with E-state index >= 15 is 0 Å². The lowest BCUT2D eigenvalue weighted by molar-refractivity contribution is 0.231. The summed E-state index contributed by atoms with van der Waals surface area (Å²) in [5.74, 6) is -3.71. The number of nitrogens with zero attached hydrogens (tertiary/aromatic N) is 1. The number of hydrogen-bond acceptors (Lipinski definition) is 4. The summed E-state index contributed by atoms with van der Waals surface area (Å²) < 4.78 is 47.2. The molecule has 6 nitrogen and oxygen atoms in total. The highest BCUT2D eigenvalue weighted by Crippen LogP contribution is 2.06. The zero-order valence-corrected chi connectivity index (χ0v) is 8.84. The molecule has 0 aliphatic heterocycles. The number of nitrogens with one attached hydrogen (secondary N) is 1. The van der Waals surface area contributed by atoms with E-state index in [9.17, 15) is 17.2 Å². The van der Waals surface area contributed by atoms with Crippen molar-refractivity contribution in [2.45, 2.75) is 31.6 Å². The Hall–Kier alpha value is -0.960. The Kier molecular flexibility index (Phi) is 5.44. The van der Waals surface area contributed by atoms with Gasteiger partial charge in [-0.05, 0) is 6.42 Å². The molecule has 0 saturated carbocycles. The van der Waals surface area contributed by atoms with Gasteiger partial charge < -0.3 is 10.9 Å². The van der Waals surface area contributed by atoms with Gasteiger partial charge in [0.1, 0.15) is 5.84 Å². The molecule has 0 heterocycles. The first-order valence-corrected chi connectivity index (χ1v) is 5.63. The molecule has 0 aromatic rings. The summed E-state index contributed by atoms with van der Waals surface area (Å²) in [6.45, 7) is 1.59. The molecule has 0 saturated heterocycles. The van der Waals surface area contributed by atoms with Crippen LogP contribution in [0.5, 0.6) is 0 Å². The number of hydrogen-bond donors (Lipinski definition) is 3. The van der Waals surface area contributed by atoms with Crippen LogP contribution in [-0.2, 0) is 10.0 Å². The zero-order chi connectivity index (χ0) is 12.1. The van der Waals surface area contributed by atoms with E-state index in [1.807, 2.05) is 0 Å². The van der Waals surface area contributed by atoms with Gasteiger partial charge in [0.15, 0.2) is 0 Å². The third kappa shape index (κ3) is 4.88. The van der Waals surface area contributed by atoms with Crippen molar-refractivity contribution in [3.8, 4) is 0 Å². The molecule has 0 aliphatic carbocycles. The van der Waals surface area contributed by atoms with E-state index in [2.05, 4.69) is 5.16 Å². The van der Waals surface area contributed by atoms with Crippen LogP contribution in [-0.4, -0.2) is 31.3 Å². The van der Waals surface area contributed by atoms with Crippen LogP contribution in [0.25, 0.3) is 0 Å². The Bertz CT molecular complexity index is 318. The molecular formula is C6H13F2N3O3S. The Morgan fingerprint density at radius 2 is 2.13 bits per heavy atom. The number of sulfonamides is 1. The standard InChI is InChI=1S/C6H13F2N3O3S/c1-2-4(3-5(9)10-12)11-15(13,14)6(7)8/h4,6,11-12H,2-3H2,1H3,(H2,9,10). The summed E-state index contributed by atoms with van der Waals surface area (Å²) in [6.07, 6.45) is 0.126. The normalized spacial score (nSPS) is 15.6. The van der Waals surface area contributed by atoms with Crippen molar-refractivity contribution in [2.75, 3.05) is 0 Å². The molecule has 0 fully saturated rings. The van der Waals surface area contributed by atoms with Crippen LogP contribution in [0, 0.1) is 0 Å². The van der Waals surface area contributed by atoms with Gasteiger partial charge in [-0.2, -0.15) is 8.78 Å². The lowest BCUT2D eigenvalue weighted by atomic mass is 10.1. The molecule has 15 heavy (non-hydrogen) atoms. The highest BCUT2D eigenvalue weighted by molar-refractivity contribution is 7.89. The molecule has 0 rings (SSSR count). The average Bonchev–Trinajstić information content (AvgIpc) is 2.15. The lowest BCUT2D eigenvalue weighted by Gasteiger charge is -2.15. The molecule has 4 N–H and O–H groups in total. The van der Waals surface area contributed by atoms with Crippen molar-refractivity contribution < 1.29 is 22.4 Å². The molecule has 0 spiro atoms. The van der Waals surface area contributed by atoms with Gasteiger partial charge in [0.25, 0.3) is 10.0 Å². The van der Waals surface area contributed by atoms with Crippen LogP contribution in [0.15, 0.2) is 5.16 Å². The van der Waals surface area contributed by atoms with Gasteiger partial charge in [0.05, 0.1) is 0 Å². The predicted octanol–water partition coefficient (Wildman–Crippen LogP) is 0.0435. The van der Waals surface area contributed by atoms with E-state index in [-0.39, 0.29) is 18.7 Å². The fourth-order valence-corrected chi connectivity index (χ4v) is 1.66. The highest BCUT2D eigenvalue weighted by atomic mass is 32.2. The maximum Gasteiger partial charge on any atom is 0.350 e. The fourth-order valence-electron chi connectivity index (χ4n) is 0.846. The smallest absolute Gasteiger partial charge is 0.350 e. The van der Waals surface area contributed by atoms with Gasteiger partial charge in [0, 0.05) is 12.5 Å². The predicted molar refractivity (Wildman–Crippen MR) is 50.2 cm³/mol. The van der Waals surface area contributed by atoms with E-state index in [1.54, 1.807) is 11.6 Å². The van der Waals surface area contributed by atoms with Gasteiger partial charge in [0.2, 0.25) is 0 Å². The maximum atomic E-state index is 12.0. The van der Waals surface area contributed by atoms with Gasteiger partial charge in [-0.1, -0.05) is 12.1 Å². The third-order valence-electron chi connectivity index (χ3n) is 1.64. The zero-order valence-electron chi connectivity index (χ0n) is 8.02. The minimum Gasteiger partial charge on any atom is -0.409 e. The summed E-state index contributed by atoms with van der Waals surface area (Å²) in [4.78, 5) is 0. The summed E-state index contributed by atoms with van der Waals surface area (Å²) in [5, 5.41) is 10.8. The van der Waals surface area contributed by atoms with E-state index in [1.165, 1.54) is 0 Å². The first-order valence-electron chi connectivity index (χ1n) is 4.09. The molecule has 90 valence electrons. The quantitative estimate of drug-likeness (QED) is 0.266. The number of rotatable bonds is 6. The van der Waals surface area contributed by atoms with E-state index in [0.717, 1.165) is 0 Å². The first kappa shape index (κ1) is 14.0. The average molecular weight is 245 g/mol. The minimum absolute atomic E-state index is 0.126. The molecule has 1 unspecified atom stereocenters. The topological polar surface area (TPSA) is 105 Å². The molecule has 0 bridgehead atoms. The summed E-state index contributed by atoms with van der Waals surface area (Å²) >= 11 is 0. The molecule has 0 amide bonds. The van der Waals surface area contributed by atoms with E-state index in [4.69, 9.17) is 10.9 Å². The van der Waals surface area contributed by atoms with Crippen LogP contribution >= 0.6 is 0 Å². The van der Waals surface area contributed by atoms with Crippen LogP contribution in [0.1, 0.15) is 19.8 Å². The minimum atomic E-state index is -4.64. The van der Waals surface area contributed by atoms with Crippen LogP contribution < -0.4 is 10.5 Å². The monoisotopic (exact) mass is 245 g/mol. The molecule has 1 atom stereocenters. The second-order valence-corrected chi connectivity index (χ2v) is 4.51. The summed E-state index contributed by atoms with van der Waals surface area (Å²) in [5.41, 5.74) is 5.12. The van der Waals surface area contributed by atoms with E-state index < -0.39 is 21.8 Å². The molecule has 0 radical (unpaired) electrons. The number of halogens is 2. The van der Waals surface area contributed by atoms with Crippen molar-refractivity contribution >= 4 is 15.9 Å². The Balaban J connectivity index is 4.48. The Morgan fingerprint density at radius 1 is 1.60 bits per heavy atom. The summed E-state index contributed by atoms with van der Waals surface area (Å²) in [7, 11) is -4.64. The van der Waals surface area contributed by atoms with Crippen molar-refractivity contribution in [1.82, 2.24) is 4.72 Å². The Morgan fingerprint density at radius 3 is 2.47 bits per heavy atom. The highest BCUT2D eigenvalue weighted by Gasteiger charge is 2.26. The first-order chi connectivity index (χ1) is 6.83. The van der Waals surface area contributed by atoms with Gasteiger partial charge in [-0.3, -0.25) is 0 Å². The molecule has 0 aromatic carbocycles. The second kappa shape index (κ2) is 5.81. The number of amidine groups is 1. The number of nitrogens with two attached hydrogens (primary N) is 1. The van der Waals surface area contributed by atoms with Crippen molar-refractivity contribution in [3.63, 3.8) is 0 Å². The molecular weight excluding hydrogens is 232 g/mol. The molecule has 0 aliphatic rings. The van der Waals surface area contributed by atoms with Gasteiger partial charge in [-0.25, -0.2) is 13.1 Å². The van der Waals surface area contributed by atoms with Crippen LogP contribution in [0.3, 0.4) is 0 Å². The van der Waals surface area contributed by atoms with Gasteiger partial charge >= 0.3 is 5.76 Å².